The lowest BCUT2D eigenvalue weighted by Crippen LogP contribution is -2.67. The van der Waals surface area contributed by atoms with Gasteiger partial charge in [0.15, 0.2) is 5.82 Å². The number of phenolic OH excluding ortho intramolecular Hbond substituents is 1. The molecular formula is C35H31F3N6O2. The van der Waals surface area contributed by atoms with Gasteiger partial charge in [0.25, 0.3) is 0 Å². The second-order valence-electron chi connectivity index (χ2n) is 12.8. The molecule has 0 saturated carbocycles. The minimum atomic E-state index is -0.930. The third-order valence-electron chi connectivity index (χ3n) is 9.89. The number of alkyl halides is 1. The molecule has 4 aromatic rings. The molecule has 5 saturated heterocycles. The van der Waals surface area contributed by atoms with Gasteiger partial charge in [0, 0.05) is 49.1 Å². The number of halogens is 3. The summed E-state index contributed by atoms with van der Waals surface area (Å²) in [5.74, 6) is 7.07. The zero-order valence-electron chi connectivity index (χ0n) is 25.2. The predicted molar refractivity (Wildman–Crippen MR) is 168 cm³/mol. The lowest BCUT2D eigenvalue weighted by atomic mass is 9.91. The number of aromatic nitrogens is 3. The molecule has 2 bridgehead atoms. The largest absolute Gasteiger partial charge is 0.508 e. The molecule has 0 spiro atoms. The Kier molecular flexibility index (Phi) is 6.75. The lowest BCUT2D eigenvalue weighted by Gasteiger charge is -2.48. The molecule has 2 unspecified atom stereocenters. The van der Waals surface area contributed by atoms with E-state index in [9.17, 15) is 13.9 Å². The van der Waals surface area contributed by atoms with Crippen LogP contribution in [0.25, 0.3) is 32.9 Å². The molecule has 0 aliphatic carbocycles. The Morgan fingerprint density at radius 3 is 2.70 bits per heavy atom. The van der Waals surface area contributed by atoms with Crippen LogP contribution < -0.4 is 15.0 Å². The Morgan fingerprint density at radius 2 is 1.93 bits per heavy atom. The molecule has 2 N–H and O–H groups in total. The minimum absolute atomic E-state index is 0.0270. The summed E-state index contributed by atoms with van der Waals surface area (Å²) < 4.78 is 52.7. The first-order chi connectivity index (χ1) is 22.3. The molecule has 5 aliphatic heterocycles. The van der Waals surface area contributed by atoms with Crippen LogP contribution in [0.5, 0.6) is 11.8 Å². The highest BCUT2D eigenvalue weighted by atomic mass is 19.1. The second kappa shape index (κ2) is 10.8. The van der Waals surface area contributed by atoms with Crippen molar-refractivity contribution in [3.8, 4) is 47.2 Å². The Morgan fingerprint density at radius 1 is 1.13 bits per heavy atom. The van der Waals surface area contributed by atoms with Crippen LogP contribution in [0.3, 0.4) is 0 Å². The molecule has 234 valence electrons. The summed E-state index contributed by atoms with van der Waals surface area (Å²) in [6, 6.07) is 5.94. The summed E-state index contributed by atoms with van der Waals surface area (Å²) in [5, 5.41) is 15.1. The highest BCUT2D eigenvalue weighted by Crippen LogP contribution is 2.42. The van der Waals surface area contributed by atoms with Crippen LogP contribution in [-0.2, 0) is 0 Å². The molecule has 7 heterocycles. The molecule has 0 radical (unpaired) electrons. The van der Waals surface area contributed by atoms with Gasteiger partial charge >= 0.3 is 6.01 Å². The highest BCUT2D eigenvalue weighted by Gasteiger charge is 2.49. The molecule has 0 amide bonds. The van der Waals surface area contributed by atoms with Gasteiger partial charge in [-0.05, 0) is 62.2 Å². The molecule has 4 atom stereocenters. The average molecular weight is 625 g/mol. The SMILES string of the molecule is C#Cc1c(F)ccc2cc(O)cc(-c3nc(C#CC)c4c(N5CC6CC(C5)N6)nc(OC[C@@]56CCCN5C[C@H](F)C6)nc4c3F)c12. The summed E-state index contributed by atoms with van der Waals surface area (Å²) in [6.45, 7) is 4.29. The van der Waals surface area contributed by atoms with Crippen molar-refractivity contribution in [2.75, 3.05) is 37.7 Å². The van der Waals surface area contributed by atoms with E-state index in [0.717, 1.165) is 25.8 Å². The van der Waals surface area contributed by atoms with E-state index in [-0.39, 0.29) is 63.9 Å². The van der Waals surface area contributed by atoms with Gasteiger partial charge in [-0.15, -0.1) is 6.42 Å². The van der Waals surface area contributed by atoms with Gasteiger partial charge in [0.05, 0.1) is 16.5 Å². The molecule has 5 fully saturated rings. The fraction of sp³-hybridized carbons (Fsp3) is 0.400. The van der Waals surface area contributed by atoms with E-state index >= 15 is 4.39 Å². The maximum absolute atomic E-state index is 17.0. The molecule has 5 aliphatic rings. The monoisotopic (exact) mass is 624 g/mol. The Hall–Kier alpha value is -4.58. The van der Waals surface area contributed by atoms with Crippen molar-refractivity contribution in [2.45, 2.75) is 56.4 Å². The maximum atomic E-state index is 17.0. The number of fused-ring (bicyclic) bond motifs is 5. The minimum Gasteiger partial charge on any atom is -0.508 e. The van der Waals surface area contributed by atoms with Crippen LogP contribution in [-0.4, -0.2) is 81.5 Å². The van der Waals surface area contributed by atoms with Gasteiger partial charge in [-0.2, -0.15) is 9.97 Å². The van der Waals surface area contributed by atoms with Crippen LogP contribution in [0.1, 0.15) is 43.9 Å². The van der Waals surface area contributed by atoms with Crippen LogP contribution in [0.4, 0.5) is 19.0 Å². The first-order valence-electron chi connectivity index (χ1n) is 15.6. The lowest BCUT2D eigenvalue weighted by molar-refractivity contribution is 0.107. The van der Waals surface area contributed by atoms with Crippen LogP contribution >= 0.6 is 0 Å². The van der Waals surface area contributed by atoms with Crippen LogP contribution in [0.2, 0.25) is 0 Å². The number of ether oxygens (including phenoxy) is 1. The third-order valence-corrected chi connectivity index (χ3v) is 9.89. The number of phenols is 1. The average Bonchev–Trinajstić information content (AvgIpc) is 3.56. The van der Waals surface area contributed by atoms with E-state index in [1.807, 2.05) is 0 Å². The zero-order chi connectivity index (χ0) is 31.7. The van der Waals surface area contributed by atoms with Crippen molar-refractivity contribution in [1.29, 1.82) is 0 Å². The third kappa shape index (κ3) is 4.52. The summed E-state index contributed by atoms with van der Waals surface area (Å²) in [6.07, 6.45) is 7.94. The van der Waals surface area contributed by atoms with Gasteiger partial charge in [-0.25, -0.2) is 18.2 Å². The number of nitrogens with zero attached hydrogens (tertiary/aromatic N) is 5. The number of rotatable bonds is 5. The Labute approximate surface area is 264 Å². The summed E-state index contributed by atoms with van der Waals surface area (Å²) in [4.78, 5) is 18.3. The molecule has 11 heteroatoms. The van der Waals surface area contributed by atoms with E-state index in [1.165, 1.54) is 24.3 Å². The van der Waals surface area contributed by atoms with Crippen molar-refractivity contribution in [3.05, 3.63) is 47.2 Å². The molecule has 2 aromatic heterocycles. The van der Waals surface area contributed by atoms with E-state index in [4.69, 9.17) is 16.1 Å². The number of nitrogens with one attached hydrogen (secondary N) is 1. The number of terminal acetylenes is 1. The molecule has 46 heavy (non-hydrogen) atoms. The van der Waals surface area contributed by atoms with Gasteiger partial charge in [-0.3, -0.25) is 4.90 Å². The first kappa shape index (κ1) is 28.9. The first-order valence-corrected chi connectivity index (χ1v) is 15.6. The second-order valence-corrected chi connectivity index (χ2v) is 12.8. The predicted octanol–water partition coefficient (Wildman–Crippen LogP) is 4.69. The molecule has 9 rings (SSSR count). The van der Waals surface area contributed by atoms with Crippen molar-refractivity contribution in [2.24, 2.45) is 0 Å². The standard InChI is InChI=1S/C35H31F3N6O2/c1-3-6-27-29-32(30(38)31(40-27)25-13-23(45)11-19-7-8-26(37)24(4-2)28(19)25)41-34(42-33(29)43-16-21-12-22(17-43)39-21)46-18-35-9-5-10-44(35)15-20(36)14-35/h2,7-8,11,13,20-22,39,45H,5,9-10,12,14-18H2,1H3/t20-,21?,22?,35+/m1/s1. The van der Waals surface area contributed by atoms with Crippen molar-refractivity contribution in [1.82, 2.24) is 25.2 Å². The van der Waals surface area contributed by atoms with E-state index in [0.29, 0.717) is 42.6 Å². The van der Waals surface area contributed by atoms with Gasteiger partial charge < -0.3 is 20.1 Å². The normalized spacial score (nSPS) is 25.2. The molecule has 2 aromatic carbocycles. The van der Waals surface area contributed by atoms with E-state index in [2.05, 4.69) is 42.8 Å². The van der Waals surface area contributed by atoms with Crippen molar-refractivity contribution in [3.63, 3.8) is 0 Å². The fourth-order valence-electron chi connectivity index (χ4n) is 7.90. The van der Waals surface area contributed by atoms with Crippen molar-refractivity contribution < 1.29 is 23.0 Å². The quantitative estimate of drug-likeness (QED) is 0.310. The Bertz CT molecular complexity index is 2020. The zero-order valence-corrected chi connectivity index (χ0v) is 25.2. The topological polar surface area (TPSA) is 86.6 Å². The van der Waals surface area contributed by atoms with Gasteiger partial charge in [-0.1, -0.05) is 17.9 Å². The van der Waals surface area contributed by atoms with E-state index in [1.54, 1.807) is 6.92 Å². The smallest absolute Gasteiger partial charge is 0.319 e. The summed E-state index contributed by atoms with van der Waals surface area (Å²) in [7, 11) is 0. The Balaban J connectivity index is 1.34. The molecule has 8 nitrogen and oxygen atoms in total. The van der Waals surface area contributed by atoms with E-state index < -0.39 is 23.3 Å². The highest BCUT2D eigenvalue weighted by molar-refractivity contribution is 6.04. The van der Waals surface area contributed by atoms with Gasteiger partial charge in [0.2, 0.25) is 0 Å². The van der Waals surface area contributed by atoms with Crippen LogP contribution in [0, 0.1) is 35.8 Å². The van der Waals surface area contributed by atoms with Crippen LogP contribution in [0.15, 0.2) is 24.3 Å². The summed E-state index contributed by atoms with van der Waals surface area (Å²) >= 11 is 0. The maximum Gasteiger partial charge on any atom is 0.319 e. The fourth-order valence-corrected chi connectivity index (χ4v) is 7.90. The van der Waals surface area contributed by atoms with Gasteiger partial charge in [0.1, 0.15) is 47.1 Å². The number of pyridine rings is 1. The summed E-state index contributed by atoms with van der Waals surface area (Å²) in [5.41, 5.74) is -0.454. The van der Waals surface area contributed by atoms with Crippen molar-refractivity contribution >= 4 is 27.5 Å². The number of hydrogen-bond acceptors (Lipinski definition) is 8. The number of aromatic hydroxyl groups is 1. The number of hydrogen-bond donors (Lipinski definition) is 2. The number of piperazine rings is 1. The number of anilines is 1. The number of piperidine rings is 1. The molecular weight excluding hydrogens is 593 g/mol. The number of benzene rings is 2.